The molecule has 0 saturated heterocycles. The zero-order valence-corrected chi connectivity index (χ0v) is 18.0. The van der Waals surface area contributed by atoms with Gasteiger partial charge < -0.3 is 9.67 Å². The van der Waals surface area contributed by atoms with Gasteiger partial charge in [-0.3, -0.25) is 9.59 Å². The van der Waals surface area contributed by atoms with Gasteiger partial charge in [0.2, 0.25) is 0 Å². The van der Waals surface area contributed by atoms with Crippen LogP contribution in [0.25, 0.3) is 22.3 Å². The summed E-state index contributed by atoms with van der Waals surface area (Å²) in [5.74, 6) is -0.208. The fourth-order valence-corrected chi connectivity index (χ4v) is 5.28. The number of nitrogens with zero attached hydrogens (tertiary/aromatic N) is 2. The number of carbonyl (C=O) groups excluding carboxylic acids is 1. The number of hydrogen-bond donors (Lipinski definition) is 1. The molecule has 0 amide bonds. The maximum atomic E-state index is 13.3. The van der Waals surface area contributed by atoms with E-state index < -0.39 is 5.60 Å². The number of Topliss-reactive ketones (excluding diaryl/α,β-unsaturated/α-hetero) is 1. The maximum absolute atomic E-state index is 13.3. The van der Waals surface area contributed by atoms with Crippen molar-refractivity contribution in [3.8, 4) is 11.4 Å². The van der Waals surface area contributed by atoms with Gasteiger partial charge in [0.1, 0.15) is 5.60 Å². The second kappa shape index (κ2) is 6.34. The van der Waals surface area contributed by atoms with Crippen LogP contribution in [0.1, 0.15) is 48.9 Å². The predicted octanol–water partition coefficient (Wildman–Crippen LogP) is 3.86. The first-order valence-electron chi connectivity index (χ1n) is 10.0. The second-order valence-electron chi connectivity index (χ2n) is 7.88. The third-order valence-electron chi connectivity index (χ3n) is 6.50. The van der Waals surface area contributed by atoms with Crippen molar-refractivity contribution in [2.75, 3.05) is 0 Å². The number of benzene rings is 1. The van der Waals surface area contributed by atoms with Crippen molar-refractivity contribution in [1.29, 1.82) is 0 Å². The minimum absolute atomic E-state index is 0.109. The molecule has 5 nitrogen and oxygen atoms in total. The van der Waals surface area contributed by atoms with E-state index >= 15 is 0 Å². The molecule has 0 spiro atoms. The summed E-state index contributed by atoms with van der Waals surface area (Å²) in [7, 11) is 0. The SMILES string of the molecule is CCc1c2c(nc3ccc(Br)cc13)-c1cc3c(c(=O)n1C2)CCC(=O)[C@]3(O)CC. The van der Waals surface area contributed by atoms with E-state index in [1.165, 1.54) is 5.56 Å². The highest BCUT2D eigenvalue weighted by molar-refractivity contribution is 9.10. The van der Waals surface area contributed by atoms with Crippen LogP contribution in [-0.4, -0.2) is 20.4 Å². The van der Waals surface area contributed by atoms with Gasteiger partial charge in [-0.05, 0) is 49.1 Å². The molecule has 0 fully saturated rings. The molecular weight excluding hydrogens is 432 g/mol. The zero-order valence-electron chi connectivity index (χ0n) is 16.4. The summed E-state index contributed by atoms with van der Waals surface area (Å²) in [6.45, 7) is 4.37. The van der Waals surface area contributed by atoms with Crippen molar-refractivity contribution in [2.45, 2.75) is 51.7 Å². The Kier molecular flexibility index (Phi) is 4.09. The zero-order chi connectivity index (χ0) is 20.5. The molecule has 1 aromatic carbocycles. The highest BCUT2D eigenvalue weighted by Gasteiger charge is 2.43. The molecule has 1 atom stereocenters. The van der Waals surface area contributed by atoms with Crippen molar-refractivity contribution >= 4 is 32.6 Å². The number of aryl methyl sites for hydroxylation is 1. The average molecular weight is 453 g/mol. The van der Waals surface area contributed by atoms with Crippen molar-refractivity contribution < 1.29 is 9.90 Å². The molecule has 1 N–H and O–H groups in total. The summed E-state index contributed by atoms with van der Waals surface area (Å²) < 4.78 is 2.76. The minimum Gasteiger partial charge on any atom is -0.377 e. The van der Waals surface area contributed by atoms with Crippen LogP contribution in [0, 0.1) is 0 Å². The number of ketones is 1. The topological polar surface area (TPSA) is 72.2 Å². The molecule has 0 radical (unpaired) electrons. The molecular formula is C23H21BrN2O3. The number of hydrogen-bond acceptors (Lipinski definition) is 4. The molecule has 0 saturated carbocycles. The van der Waals surface area contributed by atoms with E-state index in [1.807, 2.05) is 18.2 Å². The Morgan fingerprint density at radius 1 is 1.17 bits per heavy atom. The lowest BCUT2D eigenvalue weighted by molar-refractivity contribution is -0.140. The first kappa shape index (κ1) is 18.7. The molecule has 29 heavy (non-hydrogen) atoms. The van der Waals surface area contributed by atoms with Crippen molar-refractivity contribution in [2.24, 2.45) is 0 Å². The Labute approximate surface area is 176 Å². The Morgan fingerprint density at radius 2 is 1.97 bits per heavy atom. The van der Waals surface area contributed by atoms with Gasteiger partial charge in [0.25, 0.3) is 5.56 Å². The van der Waals surface area contributed by atoms with Crippen LogP contribution in [0.5, 0.6) is 0 Å². The van der Waals surface area contributed by atoms with Gasteiger partial charge >= 0.3 is 0 Å². The van der Waals surface area contributed by atoms with Crippen molar-refractivity contribution in [3.05, 3.63) is 61.3 Å². The van der Waals surface area contributed by atoms with E-state index in [0.29, 0.717) is 29.8 Å². The number of fused-ring (bicyclic) bond motifs is 5. The van der Waals surface area contributed by atoms with Crippen molar-refractivity contribution in [1.82, 2.24) is 9.55 Å². The summed E-state index contributed by atoms with van der Waals surface area (Å²) in [6.07, 6.45) is 1.68. The lowest BCUT2D eigenvalue weighted by Gasteiger charge is -2.32. The van der Waals surface area contributed by atoms with E-state index in [1.54, 1.807) is 11.5 Å². The van der Waals surface area contributed by atoms with Crippen LogP contribution in [0.3, 0.4) is 0 Å². The molecule has 6 heteroatoms. The highest BCUT2D eigenvalue weighted by Crippen LogP contribution is 2.40. The molecule has 3 heterocycles. The van der Waals surface area contributed by atoms with Crippen LogP contribution >= 0.6 is 15.9 Å². The number of pyridine rings is 2. The van der Waals surface area contributed by atoms with Crippen molar-refractivity contribution in [3.63, 3.8) is 0 Å². The van der Waals surface area contributed by atoms with Gasteiger partial charge in [-0.25, -0.2) is 4.98 Å². The molecule has 1 aliphatic heterocycles. The van der Waals surface area contributed by atoms with E-state index in [9.17, 15) is 14.7 Å². The normalized spacial score (nSPS) is 19.9. The fourth-order valence-electron chi connectivity index (χ4n) is 4.92. The molecule has 5 rings (SSSR count). The van der Waals surface area contributed by atoms with Gasteiger partial charge in [-0.2, -0.15) is 0 Å². The monoisotopic (exact) mass is 452 g/mol. The van der Waals surface area contributed by atoms with Gasteiger partial charge in [-0.15, -0.1) is 0 Å². The third kappa shape index (κ3) is 2.45. The van der Waals surface area contributed by atoms with Crippen LogP contribution in [0.4, 0.5) is 0 Å². The van der Waals surface area contributed by atoms with Gasteiger partial charge in [0.15, 0.2) is 5.78 Å². The maximum Gasteiger partial charge on any atom is 0.254 e. The third-order valence-corrected chi connectivity index (χ3v) is 6.99. The number of aromatic nitrogens is 2. The number of halogens is 1. The second-order valence-corrected chi connectivity index (χ2v) is 8.80. The van der Waals surface area contributed by atoms with Gasteiger partial charge in [0.05, 0.1) is 23.4 Å². The largest absolute Gasteiger partial charge is 0.377 e. The van der Waals surface area contributed by atoms with E-state index in [4.69, 9.17) is 4.98 Å². The summed E-state index contributed by atoms with van der Waals surface area (Å²) in [5.41, 5.74) is 3.95. The van der Waals surface area contributed by atoms with E-state index in [-0.39, 0.29) is 24.2 Å². The fraction of sp³-hybridized carbons (Fsp3) is 0.348. The first-order chi connectivity index (χ1) is 13.9. The van der Waals surface area contributed by atoms with Crippen LogP contribution < -0.4 is 5.56 Å². The first-order valence-corrected chi connectivity index (χ1v) is 10.8. The molecule has 0 bridgehead atoms. The number of carbonyl (C=O) groups is 1. The van der Waals surface area contributed by atoms with Gasteiger partial charge in [0, 0.05) is 33.0 Å². The summed E-state index contributed by atoms with van der Waals surface area (Å²) in [5, 5.41) is 12.2. The highest BCUT2D eigenvalue weighted by atomic mass is 79.9. The van der Waals surface area contributed by atoms with Crippen LogP contribution in [0.2, 0.25) is 0 Å². The predicted molar refractivity (Wildman–Crippen MR) is 115 cm³/mol. The van der Waals surface area contributed by atoms with Gasteiger partial charge in [-0.1, -0.05) is 29.8 Å². The lowest BCUT2D eigenvalue weighted by Crippen LogP contribution is -2.43. The molecule has 3 aromatic rings. The Morgan fingerprint density at radius 3 is 2.69 bits per heavy atom. The molecule has 148 valence electrons. The average Bonchev–Trinajstić information content (AvgIpc) is 3.08. The Hall–Kier alpha value is -2.31. The Bertz CT molecular complexity index is 1280. The molecule has 2 aromatic heterocycles. The summed E-state index contributed by atoms with van der Waals surface area (Å²) in [4.78, 5) is 30.7. The Balaban J connectivity index is 1.84. The molecule has 2 aliphatic rings. The minimum atomic E-state index is -1.58. The van der Waals surface area contributed by atoms with E-state index in [2.05, 4.69) is 28.9 Å². The molecule has 0 unspecified atom stereocenters. The van der Waals surface area contributed by atoms with Crippen LogP contribution in [0.15, 0.2) is 33.5 Å². The number of rotatable bonds is 2. The van der Waals surface area contributed by atoms with E-state index in [0.717, 1.165) is 33.1 Å². The smallest absolute Gasteiger partial charge is 0.254 e. The summed E-state index contributed by atoms with van der Waals surface area (Å²) in [6, 6.07) is 7.85. The summed E-state index contributed by atoms with van der Waals surface area (Å²) >= 11 is 3.54. The standard InChI is InChI=1S/C23H21BrN2O3/c1-3-13-15-9-12(24)5-7-18(15)25-21-16(13)11-26-19(21)10-17-14(22(26)28)6-8-20(27)23(17,29)4-2/h5,7,9-10,29H,3-4,6,8,11H2,1-2H3/t23-/m0/s1. The lowest BCUT2D eigenvalue weighted by atomic mass is 9.77. The number of aliphatic hydroxyl groups is 1. The quantitative estimate of drug-likeness (QED) is 0.501. The van der Waals surface area contributed by atoms with Crippen LogP contribution in [-0.2, 0) is 29.8 Å². The molecule has 1 aliphatic carbocycles.